The minimum atomic E-state index is 0.684. The fourth-order valence-electron chi connectivity index (χ4n) is 1.80. The van der Waals surface area contributed by atoms with Crippen LogP contribution in [0.1, 0.15) is 5.69 Å². The standard InChI is InChI=1S/C13H13N5/c1-18-10(6-7-16-18)8-15-13-9-14-11-4-2-3-5-12(11)17-13/h2-7,9H,8H2,1H3,(H,15,17). The van der Waals surface area contributed by atoms with Crippen molar-refractivity contribution in [2.45, 2.75) is 6.54 Å². The number of hydrogen-bond donors (Lipinski definition) is 1. The SMILES string of the molecule is Cn1nccc1CNc1cnc2ccccc2n1. The molecule has 0 aliphatic rings. The highest BCUT2D eigenvalue weighted by Gasteiger charge is 2.01. The first-order valence-electron chi connectivity index (χ1n) is 5.75. The third-order valence-corrected chi connectivity index (χ3v) is 2.82. The molecule has 0 spiro atoms. The molecule has 0 bridgehead atoms. The Morgan fingerprint density at radius 3 is 2.78 bits per heavy atom. The van der Waals surface area contributed by atoms with E-state index in [9.17, 15) is 0 Å². The maximum absolute atomic E-state index is 4.50. The maximum atomic E-state index is 4.50. The Morgan fingerprint density at radius 2 is 2.00 bits per heavy atom. The van der Waals surface area contributed by atoms with Crippen molar-refractivity contribution in [2.75, 3.05) is 5.32 Å². The second-order valence-electron chi connectivity index (χ2n) is 4.04. The monoisotopic (exact) mass is 239 g/mol. The molecule has 0 unspecified atom stereocenters. The van der Waals surface area contributed by atoms with E-state index in [0.717, 1.165) is 22.5 Å². The van der Waals surface area contributed by atoms with Gasteiger partial charge in [0.1, 0.15) is 5.82 Å². The summed E-state index contributed by atoms with van der Waals surface area (Å²) in [5.74, 6) is 0.773. The second-order valence-corrected chi connectivity index (χ2v) is 4.04. The molecule has 3 rings (SSSR count). The van der Waals surface area contributed by atoms with Crippen LogP contribution >= 0.6 is 0 Å². The lowest BCUT2D eigenvalue weighted by atomic mass is 10.3. The Balaban J connectivity index is 1.81. The van der Waals surface area contributed by atoms with Gasteiger partial charge in [-0.3, -0.25) is 9.67 Å². The predicted molar refractivity (Wildman–Crippen MR) is 70.1 cm³/mol. The lowest BCUT2D eigenvalue weighted by Gasteiger charge is -2.06. The van der Waals surface area contributed by atoms with E-state index in [1.54, 1.807) is 12.4 Å². The molecule has 0 amide bonds. The molecule has 0 fully saturated rings. The largest absolute Gasteiger partial charge is 0.363 e. The first-order chi connectivity index (χ1) is 8.83. The summed E-state index contributed by atoms with van der Waals surface area (Å²) in [7, 11) is 1.92. The molecule has 0 radical (unpaired) electrons. The third-order valence-electron chi connectivity index (χ3n) is 2.82. The van der Waals surface area contributed by atoms with Gasteiger partial charge in [0.15, 0.2) is 0 Å². The first-order valence-corrected chi connectivity index (χ1v) is 5.75. The highest BCUT2D eigenvalue weighted by atomic mass is 15.3. The van der Waals surface area contributed by atoms with Crippen LogP contribution in [0.15, 0.2) is 42.7 Å². The molecule has 0 saturated heterocycles. The fraction of sp³-hybridized carbons (Fsp3) is 0.154. The van der Waals surface area contributed by atoms with Gasteiger partial charge >= 0.3 is 0 Å². The Kier molecular flexibility index (Phi) is 2.64. The number of aromatic nitrogens is 4. The van der Waals surface area contributed by atoms with Gasteiger partial charge in [-0.2, -0.15) is 5.10 Å². The van der Waals surface area contributed by atoms with Crippen molar-refractivity contribution in [3.63, 3.8) is 0 Å². The molecule has 0 aliphatic carbocycles. The van der Waals surface area contributed by atoms with E-state index in [2.05, 4.69) is 20.4 Å². The highest BCUT2D eigenvalue weighted by Crippen LogP contribution is 2.11. The lowest BCUT2D eigenvalue weighted by Crippen LogP contribution is -2.06. The van der Waals surface area contributed by atoms with E-state index in [1.807, 2.05) is 42.1 Å². The summed E-state index contributed by atoms with van der Waals surface area (Å²) in [5, 5.41) is 7.37. The van der Waals surface area contributed by atoms with Crippen LogP contribution in [0, 0.1) is 0 Å². The molecule has 1 aromatic carbocycles. The average Bonchev–Trinajstić information content (AvgIpc) is 2.82. The summed E-state index contributed by atoms with van der Waals surface area (Å²) in [6.45, 7) is 0.684. The number of aryl methyl sites for hydroxylation is 1. The lowest BCUT2D eigenvalue weighted by molar-refractivity contribution is 0.720. The number of fused-ring (bicyclic) bond motifs is 1. The summed E-state index contributed by atoms with van der Waals surface area (Å²) in [6, 6.07) is 9.80. The molecule has 2 aromatic heterocycles. The number of benzene rings is 1. The van der Waals surface area contributed by atoms with Crippen LogP contribution in [-0.2, 0) is 13.6 Å². The van der Waals surface area contributed by atoms with Gasteiger partial charge in [0, 0.05) is 13.2 Å². The third kappa shape index (κ3) is 2.02. The molecule has 3 aromatic rings. The van der Waals surface area contributed by atoms with Gasteiger partial charge in [0.05, 0.1) is 29.5 Å². The summed E-state index contributed by atoms with van der Waals surface area (Å²) >= 11 is 0. The van der Waals surface area contributed by atoms with Crippen LogP contribution in [0.5, 0.6) is 0 Å². The molecule has 5 heteroatoms. The van der Waals surface area contributed by atoms with Crippen molar-refractivity contribution in [3.8, 4) is 0 Å². The predicted octanol–water partition coefficient (Wildman–Crippen LogP) is 1.98. The molecular weight excluding hydrogens is 226 g/mol. The molecule has 0 saturated carbocycles. The van der Waals surface area contributed by atoms with Gasteiger partial charge in [0.2, 0.25) is 0 Å². The zero-order chi connectivity index (χ0) is 12.4. The number of rotatable bonds is 3. The Morgan fingerprint density at radius 1 is 1.17 bits per heavy atom. The van der Waals surface area contributed by atoms with Crippen molar-refractivity contribution in [3.05, 3.63) is 48.4 Å². The topological polar surface area (TPSA) is 55.6 Å². The summed E-state index contributed by atoms with van der Waals surface area (Å²) < 4.78 is 1.83. The normalized spacial score (nSPS) is 10.7. The smallest absolute Gasteiger partial charge is 0.145 e. The molecule has 5 nitrogen and oxygen atoms in total. The van der Waals surface area contributed by atoms with E-state index < -0.39 is 0 Å². The highest BCUT2D eigenvalue weighted by molar-refractivity contribution is 5.75. The number of hydrogen-bond acceptors (Lipinski definition) is 4. The van der Waals surface area contributed by atoms with Gasteiger partial charge in [-0.15, -0.1) is 0 Å². The number of nitrogens with zero attached hydrogens (tertiary/aromatic N) is 4. The maximum Gasteiger partial charge on any atom is 0.145 e. The van der Waals surface area contributed by atoms with Crippen LogP contribution in [0.25, 0.3) is 11.0 Å². The Labute approximate surface area is 104 Å². The zero-order valence-electron chi connectivity index (χ0n) is 10.0. The van der Waals surface area contributed by atoms with Crippen LogP contribution in [0.4, 0.5) is 5.82 Å². The van der Waals surface area contributed by atoms with E-state index in [1.165, 1.54) is 0 Å². The van der Waals surface area contributed by atoms with Crippen LogP contribution in [-0.4, -0.2) is 19.7 Å². The summed E-state index contributed by atoms with van der Waals surface area (Å²) in [6.07, 6.45) is 3.53. The van der Waals surface area contributed by atoms with E-state index in [0.29, 0.717) is 6.54 Å². The average molecular weight is 239 g/mol. The second kappa shape index (κ2) is 4.44. The Hall–Kier alpha value is -2.43. The van der Waals surface area contributed by atoms with E-state index >= 15 is 0 Å². The number of anilines is 1. The first kappa shape index (κ1) is 10.7. The number of nitrogens with one attached hydrogen (secondary N) is 1. The van der Waals surface area contributed by atoms with Crippen LogP contribution < -0.4 is 5.32 Å². The Bertz CT molecular complexity index is 674. The van der Waals surface area contributed by atoms with Gasteiger partial charge in [0.25, 0.3) is 0 Å². The molecule has 2 heterocycles. The molecule has 0 atom stereocenters. The van der Waals surface area contributed by atoms with Crippen LogP contribution in [0.3, 0.4) is 0 Å². The van der Waals surface area contributed by atoms with Crippen molar-refractivity contribution in [1.82, 2.24) is 19.7 Å². The van der Waals surface area contributed by atoms with Crippen molar-refractivity contribution in [2.24, 2.45) is 7.05 Å². The van der Waals surface area contributed by atoms with Gasteiger partial charge in [-0.05, 0) is 18.2 Å². The molecule has 0 aliphatic heterocycles. The minimum Gasteiger partial charge on any atom is -0.363 e. The van der Waals surface area contributed by atoms with Crippen molar-refractivity contribution < 1.29 is 0 Å². The summed E-state index contributed by atoms with van der Waals surface area (Å²) in [4.78, 5) is 8.86. The zero-order valence-corrected chi connectivity index (χ0v) is 10.0. The fourth-order valence-corrected chi connectivity index (χ4v) is 1.80. The molecule has 1 N–H and O–H groups in total. The minimum absolute atomic E-state index is 0.684. The quantitative estimate of drug-likeness (QED) is 0.759. The van der Waals surface area contributed by atoms with E-state index in [4.69, 9.17) is 0 Å². The van der Waals surface area contributed by atoms with E-state index in [-0.39, 0.29) is 0 Å². The van der Waals surface area contributed by atoms with Crippen molar-refractivity contribution in [1.29, 1.82) is 0 Å². The van der Waals surface area contributed by atoms with Crippen LogP contribution in [0.2, 0.25) is 0 Å². The van der Waals surface area contributed by atoms with Gasteiger partial charge in [-0.1, -0.05) is 12.1 Å². The van der Waals surface area contributed by atoms with Gasteiger partial charge in [-0.25, -0.2) is 4.98 Å². The molecular formula is C13H13N5. The number of para-hydroxylation sites is 2. The summed E-state index contributed by atoms with van der Waals surface area (Å²) in [5.41, 5.74) is 2.90. The van der Waals surface area contributed by atoms with Gasteiger partial charge < -0.3 is 5.32 Å². The molecule has 90 valence electrons. The van der Waals surface area contributed by atoms with Crippen molar-refractivity contribution >= 4 is 16.9 Å². The molecule has 18 heavy (non-hydrogen) atoms.